The minimum absolute atomic E-state index is 0.0433. The van der Waals surface area contributed by atoms with Gasteiger partial charge in [0.15, 0.2) is 0 Å². The Morgan fingerprint density at radius 2 is 1.85 bits per heavy atom. The second-order valence-electron chi connectivity index (χ2n) is 11.3. The summed E-state index contributed by atoms with van der Waals surface area (Å²) in [4.78, 5) is 33.4. The first kappa shape index (κ1) is 33.2. The van der Waals surface area contributed by atoms with Gasteiger partial charge in [0.2, 0.25) is 0 Å². The molecule has 1 N–H and O–H groups in total. The summed E-state index contributed by atoms with van der Waals surface area (Å²) >= 11 is 7.36. The van der Waals surface area contributed by atoms with E-state index in [-0.39, 0.29) is 65.2 Å². The summed E-state index contributed by atoms with van der Waals surface area (Å²) in [6, 6.07) is 10.1. The van der Waals surface area contributed by atoms with Crippen LogP contribution in [-0.4, -0.2) is 65.4 Å². The first-order valence-corrected chi connectivity index (χ1v) is 15.9. The molecule has 48 heavy (non-hydrogen) atoms. The quantitative estimate of drug-likeness (QED) is 0.185. The Labute approximate surface area is 279 Å². The summed E-state index contributed by atoms with van der Waals surface area (Å²) in [5, 5.41) is 21.2. The van der Waals surface area contributed by atoms with Crippen molar-refractivity contribution >= 4 is 55.6 Å². The molecule has 0 radical (unpaired) electrons. The topological polar surface area (TPSA) is 112 Å². The lowest BCUT2D eigenvalue weighted by molar-refractivity contribution is -0.137. The zero-order chi connectivity index (χ0) is 34.5. The molecule has 3 aromatic carbocycles. The lowest BCUT2D eigenvalue weighted by Gasteiger charge is -2.36. The van der Waals surface area contributed by atoms with Crippen LogP contribution in [-0.2, 0) is 12.7 Å². The molecule has 0 atom stereocenters. The number of aromatic nitrogens is 2. The second kappa shape index (κ2) is 12.7. The van der Waals surface area contributed by atoms with Crippen LogP contribution in [0.2, 0.25) is 5.02 Å². The molecule has 248 valence electrons. The van der Waals surface area contributed by atoms with E-state index in [1.807, 2.05) is 18.0 Å². The Morgan fingerprint density at radius 1 is 1.12 bits per heavy atom. The third-order valence-corrected chi connectivity index (χ3v) is 9.60. The monoisotopic (exact) mass is 699 g/mol. The number of aryl methyl sites for hydroxylation is 1. The zero-order valence-corrected chi connectivity index (χ0v) is 27.1. The van der Waals surface area contributed by atoms with Crippen molar-refractivity contribution in [2.75, 3.05) is 44.7 Å². The van der Waals surface area contributed by atoms with Crippen molar-refractivity contribution in [2.45, 2.75) is 19.6 Å². The number of carbonyl (C=O) groups is 1. The Hall–Kier alpha value is -4.71. The number of fused-ring (bicyclic) bond motifs is 2. The normalized spacial score (nSPS) is 14.1. The van der Waals surface area contributed by atoms with Gasteiger partial charge in [0, 0.05) is 57.8 Å². The summed E-state index contributed by atoms with van der Waals surface area (Å²) in [5.41, 5.74) is -1.87. The number of likely N-dealkylation sites (N-methyl/N-ethyl adjacent to an activating group) is 1. The van der Waals surface area contributed by atoms with E-state index in [1.165, 1.54) is 33.9 Å². The highest BCUT2D eigenvalue weighted by atomic mass is 35.5. The molecule has 0 amide bonds. The van der Waals surface area contributed by atoms with Crippen molar-refractivity contribution in [3.8, 4) is 22.9 Å². The van der Waals surface area contributed by atoms with Crippen LogP contribution in [0, 0.1) is 24.1 Å². The smallest absolute Gasteiger partial charge is 0.418 e. The van der Waals surface area contributed by atoms with E-state index in [0.717, 1.165) is 17.4 Å². The molecule has 1 aliphatic heterocycles. The lowest BCUT2D eigenvalue weighted by Crippen LogP contribution is -2.45. The molecule has 0 aliphatic carbocycles. The second-order valence-corrected chi connectivity index (χ2v) is 12.6. The van der Waals surface area contributed by atoms with Crippen LogP contribution in [0.4, 0.5) is 23.2 Å². The Balaban J connectivity index is 1.38. The van der Waals surface area contributed by atoms with Gasteiger partial charge in [-0.05, 0) is 50.4 Å². The molecule has 1 aliphatic rings. The minimum Gasteiger partial charge on any atom is -0.491 e. The van der Waals surface area contributed by atoms with Gasteiger partial charge >= 0.3 is 12.1 Å². The third kappa shape index (κ3) is 5.93. The number of carboxylic acids is 1. The fourth-order valence-corrected chi connectivity index (χ4v) is 7.25. The molecule has 6 rings (SSSR count). The van der Waals surface area contributed by atoms with Crippen molar-refractivity contribution in [3.63, 3.8) is 0 Å². The molecular formula is C33H26ClF4N5O4S. The Kier molecular flexibility index (Phi) is 8.80. The number of ether oxygens (including phenoxy) is 1. The van der Waals surface area contributed by atoms with Gasteiger partial charge in [-0.15, -0.1) is 11.3 Å². The van der Waals surface area contributed by atoms with Crippen LogP contribution < -0.4 is 15.2 Å². The summed E-state index contributed by atoms with van der Waals surface area (Å²) < 4.78 is 65.4. The number of carboxylic acid groups (broad SMARTS) is 1. The highest BCUT2D eigenvalue weighted by Crippen LogP contribution is 2.43. The summed E-state index contributed by atoms with van der Waals surface area (Å²) in [6.45, 7) is 2.75. The molecule has 3 heterocycles. The predicted molar refractivity (Wildman–Crippen MR) is 175 cm³/mol. The van der Waals surface area contributed by atoms with Gasteiger partial charge in [-0.2, -0.15) is 18.4 Å². The zero-order valence-electron chi connectivity index (χ0n) is 25.5. The minimum atomic E-state index is -4.79. The number of nitriles is 1. The standard InChI is InChI=1S/C33H26ClF4N5O4S/c1-17-40-25-14-23(33(36,37)38)29(42-9-7-41(2)8-10-42)21(15-39)28(25)31(44)43(17)11-12-47-26-6-3-18(34)13-20(26)19-4-5-24(35)27-22(32(45)46)16-48-30(19)27/h3-6,13-14,16H,7-12H2,1-2H3,(H,45,46). The van der Waals surface area contributed by atoms with Crippen molar-refractivity contribution in [2.24, 2.45) is 0 Å². The Morgan fingerprint density at radius 3 is 2.52 bits per heavy atom. The maximum atomic E-state index is 14.7. The molecule has 0 unspecified atom stereocenters. The van der Waals surface area contributed by atoms with Crippen LogP contribution in [0.3, 0.4) is 0 Å². The third-order valence-electron chi connectivity index (χ3n) is 8.35. The van der Waals surface area contributed by atoms with Crippen LogP contribution in [0.25, 0.3) is 32.1 Å². The first-order valence-electron chi connectivity index (χ1n) is 14.6. The van der Waals surface area contributed by atoms with Gasteiger partial charge in [-0.1, -0.05) is 11.6 Å². The number of nitrogens with zero attached hydrogens (tertiary/aromatic N) is 5. The number of halogens is 5. The van der Waals surface area contributed by atoms with Crippen molar-refractivity contribution in [3.05, 3.63) is 85.5 Å². The van der Waals surface area contributed by atoms with Crippen molar-refractivity contribution in [1.82, 2.24) is 14.5 Å². The highest BCUT2D eigenvalue weighted by molar-refractivity contribution is 7.18. The van der Waals surface area contributed by atoms with Crippen LogP contribution in [0.15, 0.2) is 46.6 Å². The molecule has 2 aromatic heterocycles. The largest absolute Gasteiger partial charge is 0.491 e. The molecule has 0 saturated carbocycles. The van der Waals surface area contributed by atoms with E-state index < -0.39 is 29.1 Å². The van der Waals surface area contributed by atoms with Crippen molar-refractivity contribution in [1.29, 1.82) is 5.26 Å². The first-order chi connectivity index (χ1) is 22.8. The molecule has 1 saturated heterocycles. The van der Waals surface area contributed by atoms with Crippen LogP contribution in [0.1, 0.15) is 27.3 Å². The number of aromatic carboxylic acids is 1. The number of benzene rings is 3. The van der Waals surface area contributed by atoms with E-state index >= 15 is 0 Å². The summed E-state index contributed by atoms with van der Waals surface area (Å²) in [5.74, 6) is -1.53. The number of alkyl halides is 3. The fraction of sp³-hybridized carbons (Fsp3) is 0.273. The van der Waals surface area contributed by atoms with E-state index in [2.05, 4.69) is 4.98 Å². The average Bonchev–Trinajstić information content (AvgIpc) is 3.49. The van der Waals surface area contributed by atoms with E-state index in [0.29, 0.717) is 39.7 Å². The summed E-state index contributed by atoms with van der Waals surface area (Å²) in [7, 11) is 1.85. The summed E-state index contributed by atoms with van der Waals surface area (Å²) in [6.07, 6.45) is -4.79. The maximum Gasteiger partial charge on any atom is 0.418 e. The van der Waals surface area contributed by atoms with Gasteiger partial charge in [-0.25, -0.2) is 14.2 Å². The average molecular weight is 700 g/mol. The number of hydrogen-bond donors (Lipinski definition) is 1. The van der Waals surface area contributed by atoms with Gasteiger partial charge in [0.05, 0.1) is 39.8 Å². The molecule has 5 aromatic rings. The molecule has 9 nitrogen and oxygen atoms in total. The fourth-order valence-electron chi connectivity index (χ4n) is 5.99. The van der Waals surface area contributed by atoms with Gasteiger partial charge in [0.1, 0.15) is 30.1 Å². The van der Waals surface area contributed by atoms with Crippen LogP contribution in [0.5, 0.6) is 5.75 Å². The molecular weight excluding hydrogens is 674 g/mol. The molecule has 0 spiro atoms. The SMILES string of the molecule is Cc1nc2cc(C(F)(F)F)c(N3CCN(C)CC3)c(C#N)c2c(=O)n1CCOc1ccc(Cl)cc1-c1ccc(F)c2c(C(=O)O)csc12. The van der Waals surface area contributed by atoms with Gasteiger partial charge in [0.25, 0.3) is 5.56 Å². The highest BCUT2D eigenvalue weighted by Gasteiger charge is 2.39. The molecule has 15 heteroatoms. The van der Waals surface area contributed by atoms with E-state index in [1.54, 1.807) is 18.2 Å². The van der Waals surface area contributed by atoms with Gasteiger partial charge in [-0.3, -0.25) is 9.36 Å². The number of thiophene rings is 1. The number of hydrogen-bond acceptors (Lipinski definition) is 8. The number of rotatable bonds is 7. The maximum absolute atomic E-state index is 14.7. The van der Waals surface area contributed by atoms with Crippen molar-refractivity contribution < 1.29 is 32.2 Å². The number of anilines is 1. The van der Waals surface area contributed by atoms with E-state index in [4.69, 9.17) is 16.3 Å². The predicted octanol–water partition coefficient (Wildman–Crippen LogP) is 6.80. The Bertz CT molecular complexity index is 2200. The molecule has 1 fully saturated rings. The molecule has 0 bridgehead atoms. The number of piperazine rings is 1. The van der Waals surface area contributed by atoms with E-state index in [9.17, 15) is 37.5 Å². The van der Waals surface area contributed by atoms with Gasteiger partial charge < -0.3 is 19.6 Å². The lowest BCUT2D eigenvalue weighted by atomic mass is 10.00. The van der Waals surface area contributed by atoms with Crippen LogP contribution >= 0.6 is 22.9 Å².